The van der Waals surface area contributed by atoms with E-state index in [4.69, 9.17) is 14.9 Å². The Kier molecular flexibility index (Phi) is 4.79. The van der Waals surface area contributed by atoms with Gasteiger partial charge in [-0.2, -0.15) is 0 Å². The molecule has 2 amide bonds. The first-order chi connectivity index (χ1) is 11.9. The van der Waals surface area contributed by atoms with Crippen LogP contribution in [-0.4, -0.2) is 29.8 Å². The molecule has 0 aliphatic carbocycles. The molecule has 1 saturated heterocycles. The van der Waals surface area contributed by atoms with Crippen LogP contribution in [0.15, 0.2) is 34.7 Å². The Morgan fingerprint density at radius 1 is 1.28 bits per heavy atom. The van der Waals surface area contributed by atoms with Crippen molar-refractivity contribution in [1.29, 1.82) is 0 Å². The summed E-state index contributed by atoms with van der Waals surface area (Å²) in [5.41, 5.74) is 7.53. The van der Waals surface area contributed by atoms with Gasteiger partial charge in [-0.1, -0.05) is 17.7 Å². The summed E-state index contributed by atoms with van der Waals surface area (Å²) < 4.78 is 11.4. The number of hydrogen-bond donors (Lipinski definition) is 1. The fourth-order valence-electron chi connectivity index (χ4n) is 3.01. The summed E-state index contributed by atoms with van der Waals surface area (Å²) in [6, 6.07) is 9.34. The van der Waals surface area contributed by atoms with Crippen LogP contribution in [0.1, 0.15) is 33.9 Å². The van der Waals surface area contributed by atoms with Crippen molar-refractivity contribution in [3.63, 3.8) is 0 Å². The molecule has 0 radical (unpaired) electrons. The predicted molar refractivity (Wildman–Crippen MR) is 92.2 cm³/mol. The molecule has 25 heavy (non-hydrogen) atoms. The molecule has 6 nitrogen and oxygen atoms in total. The van der Waals surface area contributed by atoms with Crippen molar-refractivity contribution in [2.45, 2.75) is 26.9 Å². The van der Waals surface area contributed by atoms with E-state index in [0.29, 0.717) is 25.3 Å². The first-order valence-corrected chi connectivity index (χ1v) is 8.31. The Bertz CT molecular complexity index is 796. The molecule has 6 heteroatoms. The lowest BCUT2D eigenvalue weighted by molar-refractivity contribution is -0.121. The molecule has 2 N–H and O–H groups in total. The summed E-state index contributed by atoms with van der Waals surface area (Å²) >= 11 is 0. The van der Waals surface area contributed by atoms with E-state index in [0.717, 1.165) is 11.3 Å². The van der Waals surface area contributed by atoms with E-state index >= 15 is 0 Å². The van der Waals surface area contributed by atoms with Crippen molar-refractivity contribution in [2.75, 3.05) is 13.1 Å². The molecule has 0 saturated carbocycles. The van der Waals surface area contributed by atoms with Gasteiger partial charge in [-0.25, -0.2) is 0 Å². The highest BCUT2D eigenvalue weighted by molar-refractivity contribution is 5.92. The average Bonchev–Trinajstić information content (AvgIpc) is 3.23. The van der Waals surface area contributed by atoms with Crippen LogP contribution in [0.2, 0.25) is 0 Å². The molecule has 0 unspecified atom stereocenters. The maximum atomic E-state index is 12.4. The molecule has 1 aromatic heterocycles. The number of ether oxygens (including phenoxy) is 1. The molecular formula is C19H22N2O4. The van der Waals surface area contributed by atoms with Crippen LogP contribution in [0.5, 0.6) is 5.75 Å². The van der Waals surface area contributed by atoms with Crippen LogP contribution in [0.4, 0.5) is 0 Å². The largest absolute Gasteiger partial charge is 0.485 e. The Morgan fingerprint density at radius 2 is 2.08 bits per heavy atom. The van der Waals surface area contributed by atoms with Crippen molar-refractivity contribution in [3.05, 3.63) is 53.0 Å². The monoisotopic (exact) mass is 342 g/mol. The van der Waals surface area contributed by atoms with Crippen molar-refractivity contribution < 1.29 is 18.7 Å². The Balaban J connectivity index is 1.60. The molecule has 132 valence electrons. The van der Waals surface area contributed by atoms with Gasteiger partial charge in [-0.05, 0) is 44.0 Å². The van der Waals surface area contributed by atoms with Crippen molar-refractivity contribution in [3.8, 4) is 5.75 Å². The van der Waals surface area contributed by atoms with Gasteiger partial charge in [0.05, 0.1) is 5.92 Å². The lowest BCUT2D eigenvalue weighted by Crippen LogP contribution is -2.31. The van der Waals surface area contributed by atoms with E-state index in [-0.39, 0.29) is 30.1 Å². The standard InChI is InChI=1S/C19H22N2O4/c1-12-3-5-16(13(2)9-12)24-11-15-4-6-17(25-15)19(23)21-8-7-14(10-21)18(20)22/h3-6,9,14H,7-8,10-11H2,1-2H3,(H2,20,22)/t14-/m1/s1. The van der Waals surface area contributed by atoms with Crippen molar-refractivity contribution >= 4 is 11.8 Å². The van der Waals surface area contributed by atoms with Crippen LogP contribution >= 0.6 is 0 Å². The minimum atomic E-state index is -0.364. The zero-order chi connectivity index (χ0) is 18.0. The number of amides is 2. The van der Waals surface area contributed by atoms with Gasteiger partial charge in [-0.15, -0.1) is 0 Å². The van der Waals surface area contributed by atoms with E-state index in [9.17, 15) is 9.59 Å². The molecule has 1 aliphatic heterocycles. The fraction of sp³-hybridized carbons (Fsp3) is 0.368. The van der Waals surface area contributed by atoms with E-state index in [1.807, 2.05) is 26.0 Å². The number of carbonyl (C=O) groups excluding carboxylic acids is 2. The highest BCUT2D eigenvalue weighted by Gasteiger charge is 2.31. The number of hydrogen-bond acceptors (Lipinski definition) is 4. The van der Waals surface area contributed by atoms with E-state index in [1.54, 1.807) is 17.0 Å². The second-order valence-corrected chi connectivity index (χ2v) is 6.46. The zero-order valence-electron chi connectivity index (χ0n) is 14.5. The molecule has 1 aliphatic rings. The average molecular weight is 342 g/mol. The number of rotatable bonds is 5. The molecule has 1 aromatic carbocycles. The van der Waals surface area contributed by atoms with E-state index in [2.05, 4.69) is 6.07 Å². The topological polar surface area (TPSA) is 85.8 Å². The quantitative estimate of drug-likeness (QED) is 0.904. The molecule has 2 aromatic rings. The normalized spacial score (nSPS) is 16.9. The number of carbonyl (C=O) groups is 2. The molecule has 2 heterocycles. The summed E-state index contributed by atoms with van der Waals surface area (Å²) in [6.45, 7) is 5.14. The Labute approximate surface area is 146 Å². The predicted octanol–water partition coefficient (Wildman–Crippen LogP) is 2.42. The van der Waals surface area contributed by atoms with E-state index in [1.165, 1.54) is 5.56 Å². The van der Waals surface area contributed by atoms with Gasteiger partial charge in [0, 0.05) is 13.1 Å². The van der Waals surface area contributed by atoms with Crippen LogP contribution in [0, 0.1) is 19.8 Å². The van der Waals surface area contributed by atoms with Crippen LogP contribution in [0.3, 0.4) is 0 Å². The first-order valence-electron chi connectivity index (χ1n) is 8.31. The second kappa shape index (κ2) is 7.01. The lowest BCUT2D eigenvalue weighted by atomic mass is 10.1. The number of nitrogens with two attached hydrogens (primary N) is 1. The molecular weight excluding hydrogens is 320 g/mol. The summed E-state index contributed by atoms with van der Waals surface area (Å²) in [4.78, 5) is 25.3. The number of aryl methyl sites for hydroxylation is 2. The number of nitrogens with zero attached hydrogens (tertiary/aromatic N) is 1. The van der Waals surface area contributed by atoms with Gasteiger partial charge in [0.1, 0.15) is 18.1 Å². The summed E-state index contributed by atoms with van der Waals surface area (Å²) in [6.07, 6.45) is 0.602. The summed E-state index contributed by atoms with van der Waals surface area (Å²) in [5, 5.41) is 0. The highest BCUT2D eigenvalue weighted by atomic mass is 16.5. The van der Waals surface area contributed by atoms with Crippen molar-refractivity contribution in [1.82, 2.24) is 4.90 Å². The van der Waals surface area contributed by atoms with E-state index < -0.39 is 0 Å². The van der Waals surface area contributed by atoms with Gasteiger partial charge in [0.25, 0.3) is 5.91 Å². The summed E-state index contributed by atoms with van der Waals surface area (Å²) in [7, 11) is 0. The first kappa shape index (κ1) is 17.1. The number of benzene rings is 1. The van der Waals surface area contributed by atoms with Gasteiger partial charge in [-0.3, -0.25) is 9.59 Å². The Hall–Kier alpha value is -2.76. The number of primary amides is 1. The van der Waals surface area contributed by atoms with Crippen LogP contribution in [-0.2, 0) is 11.4 Å². The smallest absolute Gasteiger partial charge is 0.289 e. The maximum absolute atomic E-state index is 12.4. The minimum Gasteiger partial charge on any atom is -0.485 e. The van der Waals surface area contributed by atoms with Gasteiger partial charge in [0.2, 0.25) is 5.91 Å². The van der Waals surface area contributed by atoms with Crippen LogP contribution in [0.25, 0.3) is 0 Å². The fourth-order valence-corrected chi connectivity index (χ4v) is 3.01. The van der Waals surface area contributed by atoms with Gasteiger partial charge >= 0.3 is 0 Å². The highest BCUT2D eigenvalue weighted by Crippen LogP contribution is 2.22. The summed E-state index contributed by atoms with van der Waals surface area (Å²) in [5.74, 6) is 0.766. The van der Waals surface area contributed by atoms with Gasteiger partial charge < -0.3 is 19.8 Å². The Morgan fingerprint density at radius 3 is 2.76 bits per heavy atom. The minimum absolute atomic E-state index is 0.221. The number of furan rings is 1. The molecule has 3 rings (SSSR count). The molecule has 0 spiro atoms. The zero-order valence-corrected chi connectivity index (χ0v) is 14.5. The molecule has 1 fully saturated rings. The van der Waals surface area contributed by atoms with Crippen LogP contribution < -0.4 is 10.5 Å². The molecule has 1 atom stereocenters. The SMILES string of the molecule is Cc1ccc(OCc2ccc(C(=O)N3CC[C@@H](C(N)=O)C3)o2)c(C)c1. The third kappa shape index (κ3) is 3.84. The third-order valence-corrected chi connectivity index (χ3v) is 4.45. The molecule has 0 bridgehead atoms. The van der Waals surface area contributed by atoms with Gasteiger partial charge in [0.15, 0.2) is 5.76 Å². The lowest BCUT2D eigenvalue weighted by Gasteiger charge is -2.14. The second-order valence-electron chi connectivity index (χ2n) is 6.46. The maximum Gasteiger partial charge on any atom is 0.289 e. The van der Waals surface area contributed by atoms with Crippen molar-refractivity contribution in [2.24, 2.45) is 11.7 Å². The number of likely N-dealkylation sites (tertiary alicyclic amines) is 1. The third-order valence-electron chi connectivity index (χ3n) is 4.45.